The number of furan rings is 1. The number of para-hydroxylation sites is 1. The third-order valence-electron chi connectivity index (χ3n) is 3.32. The molecule has 1 aromatic carbocycles. The van der Waals surface area contributed by atoms with Gasteiger partial charge >= 0.3 is 0 Å². The second-order valence-corrected chi connectivity index (χ2v) is 5.07. The molecule has 0 aliphatic heterocycles. The SMILES string of the molecule is CCCC(C)(CO)NCc1cc2ccccc2o1. The summed E-state index contributed by atoms with van der Waals surface area (Å²) in [5.74, 6) is 0.909. The van der Waals surface area contributed by atoms with E-state index in [-0.39, 0.29) is 12.1 Å². The number of fused-ring (bicyclic) bond motifs is 1. The molecular formula is C15H21NO2. The van der Waals surface area contributed by atoms with Gasteiger partial charge in [-0.1, -0.05) is 31.5 Å². The predicted molar refractivity (Wildman–Crippen MR) is 73.5 cm³/mol. The van der Waals surface area contributed by atoms with Crippen molar-refractivity contribution >= 4 is 11.0 Å². The number of hydrogen-bond acceptors (Lipinski definition) is 3. The fourth-order valence-electron chi connectivity index (χ4n) is 2.20. The molecule has 1 heterocycles. The smallest absolute Gasteiger partial charge is 0.134 e. The predicted octanol–water partition coefficient (Wildman–Crippen LogP) is 3.07. The van der Waals surface area contributed by atoms with Gasteiger partial charge in [0.25, 0.3) is 0 Å². The van der Waals surface area contributed by atoms with Gasteiger partial charge in [-0.25, -0.2) is 0 Å². The van der Waals surface area contributed by atoms with Crippen LogP contribution >= 0.6 is 0 Å². The van der Waals surface area contributed by atoms with Crippen LogP contribution in [0, 0.1) is 0 Å². The highest BCUT2D eigenvalue weighted by Crippen LogP contribution is 2.20. The molecule has 98 valence electrons. The van der Waals surface area contributed by atoms with Crippen molar-refractivity contribution in [1.29, 1.82) is 0 Å². The molecule has 2 N–H and O–H groups in total. The molecule has 1 aromatic heterocycles. The molecule has 3 heteroatoms. The molecule has 3 nitrogen and oxygen atoms in total. The maximum absolute atomic E-state index is 9.44. The molecule has 0 aliphatic carbocycles. The Morgan fingerprint density at radius 1 is 1.33 bits per heavy atom. The first-order valence-corrected chi connectivity index (χ1v) is 6.50. The molecule has 0 fully saturated rings. The Labute approximate surface area is 108 Å². The summed E-state index contributed by atoms with van der Waals surface area (Å²) in [4.78, 5) is 0. The van der Waals surface area contributed by atoms with Crippen LogP contribution in [0.1, 0.15) is 32.4 Å². The minimum atomic E-state index is -0.228. The normalized spacial score (nSPS) is 14.8. The van der Waals surface area contributed by atoms with Crippen molar-refractivity contribution in [3.05, 3.63) is 36.1 Å². The largest absolute Gasteiger partial charge is 0.460 e. The topological polar surface area (TPSA) is 45.4 Å². The Morgan fingerprint density at radius 3 is 2.78 bits per heavy atom. The Hall–Kier alpha value is -1.32. The van der Waals surface area contributed by atoms with Gasteiger partial charge < -0.3 is 14.8 Å². The van der Waals surface area contributed by atoms with E-state index in [0.29, 0.717) is 6.54 Å². The number of aliphatic hydroxyl groups is 1. The number of benzene rings is 1. The first-order chi connectivity index (χ1) is 8.67. The van der Waals surface area contributed by atoms with Crippen LogP contribution in [0.15, 0.2) is 34.7 Å². The van der Waals surface area contributed by atoms with Crippen molar-refractivity contribution in [3.8, 4) is 0 Å². The van der Waals surface area contributed by atoms with Gasteiger partial charge in [0.05, 0.1) is 13.2 Å². The quantitative estimate of drug-likeness (QED) is 0.824. The lowest BCUT2D eigenvalue weighted by atomic mass is 9.97. The second-order valence-electron chi connectivity index (χ2n) is 5.07. The zero-order valence-corrected chi connectivity index (χ0v) is 11.1. The molecule has 1 unspecified atom stereocenters. The van der Waals surface area contributed by atoms with Crippen molar-refractivity contribution in [3.63, 3.8) is 0 Å². The molecule has 0 amide bonds. The maximum Gasteiger partial charge on any atom is 0.134 e. The molecule has 1 atom stereocenters. The van der Waals surface area contributed by atoms with E-state index in [9.17, 15) is 5.11 Å². The van der Waals surface area contributed by atoms with Gasteiger partial charge in [-0.2, -0.15) is 0 Å². The lowest BCUT2D eigenvalue weighted by Gasteiger charge is -2.28. The standard InChI is InChI=1S/C15H21NO2/c1-3-8-15(2,11-17)16-10-13-9-12-6-4-5-7-14(12)18-13/h4-7,9,16-17H,3,8,10-11H2,1-2H3. The Bertz CT molecular complexity index is 473. The van der Waals surface area contributed by atoms with Gasteiger partial charge in [-0.05, 0) is 25.5 Å². The summed E-state index contributed by atoms with van der Waals surface area (Å²) in [6, 6.07) is 10.0. The number of hydrogen-bond donors (Lipinski definition) is 2. The van der Waals surface area contributed by atoms with Crippen LogP contribution in [0.5, 0.6) is 0 Å². The van der Waals surface area contributed by atoms with E-state index in [1.54, 1.807) is 0 Å². The number of nitrogens with one attached hydrogen (secondary N) is 1. The van der Waals surface area contributed by atoms with Crippen LogP contribution in [-0.4, -0.2) is 17.3 Å². The van der Waals surface area contributed by atoms with Gasteiger partial charge in [0.2, 0.25) is 0 Å². The van der Waals surface area contributed by atoms with E-state index in [2.05, 4.69) is 12.2 Å². The molecule has 0 saturated heterocycles. The fourth-order valence-corrected chi connectivity index (χ4v) is 2.20. The van der Waals surface area contributed by atoms with Gasteiger partial charge in [-0.3, -0.25) is 0 Å². The van der Waals surface area contributed by atoms with E-state index in [0.717, 1.165) is 29.6 Å². The molecule has 18 heavy (non-hydrogen) atoms. The van der Waals surface area contributed by atoms with Crippen molar-refractivity contribution in [1.82, 2.24) is 5.32 Å². The van der Waals surface area contributed by atoms with Gasteiger partial charge in [-0.15, -0.1) is 0 Å². The molecular weight excluding hydrogens is 226 g/mol. The highest BCUT2D eigenvalue weighted by molar-refractivity contribution is 5.77. The first-order valence-electron chi connectivity index (χ1n) is 6.50. The number of aliphatic hydroxyl groups excluding tert-OH is 1. The molecule has 2 aromatic rings. The van der Waals surface area contributed by atoms with Gasteiger partial charge in [0.15, 0.2) is 0 Å². The van der Waals surface area contributed by atoms with Gasteiger partial charge in [0.1, 0.15) is 11.3 Å². The zero-order chi connectivity index (χ0) is 13.0. The Balaban J connectivity index is 2.05. The highest BCUT2D eigenvalue weighted by Gasteiger charge is 2.21. The molecule has 0 radical (unpaired) electrons. The summed E-state index contributed by atoms with van der Waals surface area (Å²) in [5.41, 5.74) is 0.684. The van der Waals surface area contributed by atoms with Crippen molar-refractivity contribution in [2.24, 2.45) is 0 Å². The Morgan fingerprint density at radius 2 is 2.11 bits per heavy atom. The molecule has 0 aliphatic rings. The van der Waals surface area contributed by atoms with Crippen molar-refractivity contribution in [2.45, 2.75) is 38.8 Å². The lowest BCUT2D eigenvalue weighted by molar-refractivity contribution is 0.161. The van der Waals surface area contributed by atoms with Crippen LogP contribution in [0.4, 0.5) is 0 Å². The molecule has 0 bridgehead atoms. The molecule has 2 rings (SSSR count). The van der Waals surface area contributed by atoms with Crippen LogP contribution in [0.25, 0.3) is 11.0 Å². The van der Waals surface area contributed by atoms with E-state index in [1.165, 1.54) is 0 Å². The summed E-state index contributed by atoms with van der Waals surface area (Å²) in [6.07, 6.45) is 1.99. The minimum Gasteiger partial charge on any atom is -0.460 e. The third kappa shape index (κ3) is 2.92. The van der Waals surface area contributed by atoms with Crippen LogP contribution in [0.2, 0.25) is 0 Å². The van der Waals surface area contributed by atoms with Gasteiger partial charge in [0, 0.05) is 10.9 Å². The molecule has 0 spiro atoms. The summed E-state index contributed by atoms with van der Waals surface area (Å²) in [5, 5.41) is 13.9. The average molecular weight is 247 g/mol. The van der Waals surface area contributed by atoms with E-state index < -0.39 is 0 Å². The monoisotopic (exact) mass is 247 g/mol. The fraction of sp³-hybridized carbons (Fsp3) is 0.467. The van der Waals surface area contributed by atoms with Crippen molar-refractivity contribution < 1.29 is 9.52 Å². The third-order valence-corrected chi connectivity index (χ3v) is 3.32. The van der Waals surface area contributed by atoms with E-state index in [1.807, 2.05) is 37.3 Å². The minimum absolute atomic E-state index is 0.140. The zero-order valence-electron chi connectivity index (χ0n) is 11.1. The lowest BCUT2D eigenvalue weighted by Crippen LogP contribution is -2.45. The number of rotatable bonds is 6. The summed E-state index contributed by atoms with van der Waals surface area (Å²) in [7, 11) is 0. The van der Waals surface area contributed by atoms with Crippen LogP contribution in [-0.2, 0) is 6.54 Å². The van der Waals surface area contributed by atoms with Crippen LogP contribution in [0.3, 0.4) is 0 Å². The average Bonchev–Trinajstić information content (AvgIpc) is 2.79. The second kappa shape index (κ2) is 5.55. The van der Waals surface area contributed by atoms with Crippen LogP contribution < -0.4 is 5.32 Å². The summed E-state index contributed by atoms with van der Waals surface area (Å²) >= 11 is 0. The Kier molecular flexibility index (Phi) is 4.04. The molecule has 0 saturated carbocycles. The maximum atomic E-state index is 9.44. The van der Waals surface area contributed by atoms with E-state index in [4.69, 9.17) is 4.42 Å². The first kappa shape index (κ1) is 13.1. The summed E-state index contributed by atoms with van der Waals surface area (Å²) < 4.78 is 5.74. The van der Waals surface area contributed by atoms with E-state index >= 15 is 0 Å². The summed E-state index contributed by atoms with van der Waals surface area (Å²) in [6.45, 7) is 4.95. The highest BCUT2D eigenvalue weighted by atomic mass is 16.3. The van der Waals surface area contributed by atoms with Crippen molar-refractivity contribution in [2.75, 3.05) is 6.61 Å².